The standard InChI is InChI=1S/C22H28N2O6S/c1-3-29-21(25)13-15-23-17-5-9-19(10-6-17)31(27,28)20-11-7-18(8-12-20)24-16-14-22(26)30-4-2/h5-12,23-24H,3-4,13-16H2,1-2H3. The molecule has 0 unspecified atom stereocenters. The second-order valence-corrected chi connectivity index (χ2v) is 8.47. The van der Waals surface area contributed by atoms with Crippen LogP contribution in [0.1, 0.15) is 26.7 Å². The maximum atomic E-state index is 12.8. The van der Waals surface area contributed by atoms with Crippen LogP contribution in [0.4, 0.5) is 11.4 Å². The average Bonchev–Trinajstić information content (AvgIpc) is 2.75. The van der Waals surface area contributed by atoms with Crippen molar-refractivity contribution in [2.75, 3.05) is 36.9 Å². The van der Waals surface area contributed by atoms with Gasteiger partial charge in [0.05, 0.1) is 35.8 Å². The zero-order valence-corrected chi connectivity index (χ0v) is 18.5. The number of esters is 2. The van der Waals surface area contributed by atoms with Crippen molar-refractivity contribution in [3.05, 3.63) is 48.5 Å². The minimum absolute atomic E-state index is 0.173. The summed E-state index contributed by atoms with van der Waals surface area (Å²) in [7, 11) is -3.66. The fourth-order valence-corrected chi connectivity index (χ4v) is 3.99. The molecule has 0 saturated carbocycles. The first kappa shape index (κ1) is 24.2. The van der Waals surface area contributed by atoms with Crippen molar-refractivity contribution in [2.24, 2.45) is 0 Å². The lowest BCUT2D eigenvalue weighted by molar-refractivity contribution is -0.143. The largest absolute Gasteiger partial charge is 0.466 e. The molecule has 0 saturated heterocycles. The third-order valence-electron chi connectivity index (χ3n) is 4.26. The number of anilines is 2. The van der Waals surface area contributed by atoms with Crippen LogP contribution in [0.2, 0.25) is 0 Å². The number of sulfone groups is 1. The van der Waals surface area contributed by atoms with Crippen LogP contribution in [0.3, 0.4) is 0 Å². The number of nitrogens with one attached hydrogen (secondary N) is 2. The summed E-state index contributed by atoms with van der Waals surface area (Å²) in [5.41, 5.74) is 1.42. The predicted octanol–water partition coefficient (Wildman–Crippen LogP) is 3.25. The molecule has 0 aromatic heterocycles. The van der Waals surface area contributed by atoms with Crippen LogP contribution < -0.4 is 10.6 Å². The van der Waals surface area contributed by atoms with Crippen molar-refractivity contribution < 1.29 is 27.5 Å². The molecule has 2 aromatic carbocycles. The molecule has 8 nitrogen and oxygen atoms in total. The Morgan fingerprint density at radius 3 is 1.39 bits per heavy atom. The van der Waals surface area contributed by atoms with E-state index in [1.807, 2.05) is 0 Å². The van der Waals surface area contributed by atoms with Gasteiger partial charge in [0, 0.05) is 24.5 Å². The van der Waals surface area contributed by atoms with Crippen molar-refractivity contribution in [1.29, 1.82) is 0 Å². The molecule has 2 rings (SSSR count). The Hall–Kier alpha value is -3.07. The van der Waals surface area contributed by atoms with Gasteiger partial charge in [0.1, 0.15) is 0 Å². The van der Waals surface area contributed by atoms with Crippen LogP contribution in [0.15, 0.2) is 58.3 Å². The predicted molar refractivity (Wildman–Crippen MR) is 118 cm³/mol. The number of rotatable bonds is 12. The quantitative estimate of drug-likeness (QED) is 0.476. The summed E-state index contributed by atoms with van der Waals surface area (Å²) in [6.07, 6.45) is 0.460. The number of hydrogen-bond acceptors (Lipinski definition) is 8. The van der Waals surface area contributed by atoms with Crippen molar-refractivity contribution in [1.82, 2.24) is 0 Å². The van der Waals surface area contributed by atoms with E-state index in [1.54, 1.807) is 38.1 Å². The van der Waals surface area contributed by atoms with Gasteiger partial charge in [-0.2, -0.15) is 0 Å². The Morgan fingerprint density at radius 2 is 1.06 bits per heavy atom. The Labute approximate surface area is 182 Å². The highest BCUT2D eigenvalue weighted by Gasteiger charge is 2.17. The average molecular weight is 449 g/mol. The molecule has 0 atom stereocenters. The van der Waals surface area contributed by atoms with Gasteiger partial charge in [0.15, 0.2) is 0 Å². The van der Waals surface area contributed by atoms with Gasteiger partial charge in [-0.05, 0) is 62.4 Å². The fraction of sp³-hybridized carbons (Fsp3) is 0.364. The molecule has 0 heterocycles. The van der Waals surface area contributed by atoms with Gasteiger partial charge in [0.2, 0.25) is 9.84 Å². The van der Waals surface area contributed by atoms with E-state index in [1.165, 1.54) is 24.3 Å². The van der Waals surface area contributed by atoms with E-state index in [0.29, 0.717) is 37.7 Å². The molecule has 9 heteroatoms. The van der Waals surface area contributed by atoms with Gasteiger partial charge in [-0.3, -0.25) is 9.59 Å². The van der Waals surface area contributed by atoms with Crippen molar-refractivity contribution >= 4 is 33.2 Å². The lowest BCUT2D eigenvalue weighted by Gasteiger charge is -2.10. The molecule has 0 radical (unpaired) electrons. The van der Waals surface area contributed by atoms with Crippen LogP contribution in [0.25, 0.3) is 0 Å². The minimum atomic E-state index is -3.66. The number of carbonyl (C=O) groups excluding carboxylic acids is 2. The molecule has 0 spiro atoms. The molecule has 2 N–H and O–H groups in total. The van der Waals surface area contributed by atoms with Crippen molar-refractivity contribution in [2.45, 2.75) is 36.5 Å². The molecular formula is C22H28N2O6S. The smallest absolute Gasteiger partial charge is 0.307 e. The van der Waals surface area contributed by atoms with Crippen LogP contribution in [0.5, 0.6) is 0 Å². The van der Waals surface area contributed by atoms with Gasteiger partial charge in [0.25, 0.3) is 0 Å². The SMILES string of the molecule is CCOC(=O)CCNc1ccc(S(=O)(=O)c2ccc(NCCC(=O)OCC)cc2)cc1. The van der Waals surface area contributed by atoms with Crippen molar-refractivity contribution in [3.8, 4) is 0 Å². The Balaban J connectivity index is 1.93. The molecule has 0 aliphatic carbocycles. The lowest BCUT2D eigenvalue weighted by atomic mass is 10.3. The molecule has 0 amide bonds. The van der Waals surface area contributed by atoms with Gasteiger partial charge < -0.3 is 20.1 Å². The van der Waals surface area contributed by atoms with Gasteiger partial charge >= 0.3 is 11.9 Å². The van der Waals surface area contributed by atoms with Gasteiger partial charge in [-0.15, -0.1) is 0 Å². The summed E-state index contributed by atoms with van der Waals surface area (Å²) in [5, 5.41) is 6.12. The summed E-state index contributed by atoms with van der Waals surface area (Å²) in [6, 6.07) is 12.7. The van der Waals surface area contributed by atoms with E-state index in [9.17, 15) is 18.0 Å². The highest BCUT2D eigenvalue weighted by Crippen LogP contribution is 2.23. The Kier molecular flexibility index (Phi) is 9.33. The Morgan fingerprint density at radius 1 is 0.710 bits per heavy atom. The van der Waals surface area contributed by atoms with E-state index in [2.05, 4.69) is 10.6 Å². The van der Waals surface area contributed by atoms with E-state index < -0.39 is 9.84 Å². The lowest BCUT2D eigenvalue weighted by Crippen LogP contribution is -2.11. The fourth-order valence-electron chi connectivity index (χ4n) is 2.72. The molecular weight excluding hydrogens is 420 g/mol. The zero-order chi connectivity index (χ0) is 22.7. The summed E-state index contributed by atoms with van der Waals surface area (Å²) in [5.74, 6) is -0.568. The molecule has 168 valence electrons. The number of benzene rings is 2. The third kappa shape index (κ3) is 7.60. The van der Waals surface area contributed by atoms with E-state index >= 15 is 0 Å². The summed E-state index contributed by atoms with van der Waals surface area (Å²) in [6.45, 7) is 4.98. The molecule has 2 aromatic rings. The summed E-state index contributed by atoms with van der Waals surface area (Å²) >= 11 is 0. The topological polar surface area (TPSA) is 111 Å². The second kappa shape index (κ2) is 11.9. The van der Waals surface area contributed by atoms with Crippen LogP contribution in [0, 0.1) is 0 Å². The number of hydrogen-bond donors (Lipinski definition) is 2. The molecule has 0 aliphatic heterocycles. The monoisotopic (exact) mass is 448 g/mol. The number of carbonyl (C=O) groups is 2. The van der Waals surface area contributed by atoms with Crippen LogP contribution >= 0.6 is 0 Å². The second-order valence-electron chi connectivity index (χ2n) is 6.52. The third-order valence-corrected chi connectivity index (χ3v) is 6.04. The maximum absolute atomic E-state index is 12.8. The minimum Gasteiger partial charge on any atom is -0.466 e. The van der Waals surface area contributed by atoms with Crippen LogP contribution in [-0.2, 0) is 28.9 Å². The van der Waals surface area contributed by atoms with E-state index in [4.69, 9.17) is 9.47 Å². The summed E-state index contributed by atoms with van der Waals surface area (Å²) < 4.78 is 35.4. The Bertz CT molecular complexity index is 883. The molecule has 31 heavy (non-hydrogen) atoms. The first-order chi connectivity index (χ1) is 14.9. The van der Waals surface area contributed by atoms with Crippen LogP contribution in [-0.4, -0.2) is 46.7 Å². The normalized spacial score (nSPS) is 10.9. The summed E-state index contributed by atoms with van der Waals surface area (Å²) in [4.78, 5) is 23.0. The first-order valence-electron chi connectivity index (χ1n) is 10.1. The van der Waals surface area contributed by atoms with E-state index in [0.717, 1.165) is 0 Å². The molecule has 0 aliphatic rings. The highest BCUT2D eigenvalue weighted by atomic mass is 32.2. The van der Waals surface area contributed by atoms with E-state index in [-0.39, 0.29) is 34.6 Å². The van der Waals surface area contributed by atoms with Crippen molar-refractivity contribution in [3.63, 3.8) is 0 Å². The maximum Gasteiger partial charge on any atom is 0.307 e. The van der Waals surface area contributed by atoms with Gasteiger partial charge in [-0.25, -0.2) is 8.42 Å². The molecule has 0 fully saturated rings. The number of ether oxygens (including phenoxy) is 2. The molecule has 0 bridgehead atoms. The highest BCUT2D eigenvalue weighted by molar-refractivity contribution is 7.91. The zero-order valence-electron chi connectivity index (χ0n) is 17.7. The first-order valence-corrected chi connectivity index (χ1v) is 11.6. The van der Waals surface area contributed by atoms with Gasteiger partial charge in [-0.1, -0.05) is 0 Å².